The van der Waals surface area contributed by atoms with Gasteiger partial charge >= 0.3 is 0 Å². The molecule has 0 aromatic rings. The quantitative estimate of drug-likeness (QED) is 0.681. The van der Waals surface area contributed by atoms with Crippen LogP contribution in [-0.2, 0) is 4.79 Å². The summed E-state index contributed by atoms with van der Waals surface area (Å²) < 4.78 is 0. The van der Waals surface area contributed by atoms with Crippen molar-refractivity contribution in [3.05, 3.63) is 0 Å². The molecule has 1 aliphatic heterocycles. The van der Waals surface area contributed by atoms with Crippen molar-refractivity contribution in [1.82, 2.24) is 4.90 Å². The molecule has 2 nitrogen and oxygen atoms in total. The predicted octanol–water partition coefficient (Wildman–Crippen LogP) is 2.82. The van der Waals surface area contributed by atoms with Crippen LogP contribution >= 0.6 is 0 Å². The third kappa shape index (κ3) is 2.73. The van der Waals surface area contributed by atoms with Gasteiger partial charge in [0.25, 0.3) is 0 Å². The van der Waals surface area contributed by atoms with Crippen LogP contribution in [0.3, 0.4) is 0 Å². The Hall–Kier alpha value is -0.530. The Balaban J connectivity index is 2.64. The van der Waals surface area contributed by atoms with E-state index in [-0.39, 0.29) is 0 Å². The van der Waals surface area contributed by atoms with E-state index in [1.165, 1.54) is 12.8 Å². The van der Waals surface area contributed by atoms with Crippen LogP contribution in [0.5, 0.6) is 0 Å². The maximum absolute atomic E-state index is 12.1. The topological polar surface area (TPSA) is 20.3 Å². The molecule has 82 valence electrons. The molecule has 0 N–H and O–H groups in total. The zero-order valence-electron chi connectivity index (χ0n) is 9.75. The fourth-order valence-corrected chi connectivity index (χ4v) is 2.27. The van der Waals surface area contributed by atoms with E-state index in [9.17, 15) is 4.79 Å². The molecule has 1 saturated heterocycles. The van der Waals surface area contributed by atoms with Gasteiger partial charge in [-0.2, -0.15) is 0 Å². The highest BCUT2D eigenvalue weighted by Crippen LogP contribution is 2.23. The van der Waals surface area contributed by atoms with Crippen LogP contribution in [0.15, 0.2) is 0 Å². The van der Waals surface area contributed by atoms with Crippen molar-refractivity contribution in [2.24, 2.45) is 5.92 Å². The largest absolute Gasteiger partial charge is 0.340 e. The third-order valence-corrected chi connectivity index (χ3v) is 3.09. The van der Waals surface area contributed by atoms with Crippen LogP contribution in [0.2, 0.25) is 0 Å². The second-order valence-corrected chi connectivity index (χ2v) is 4.61. The number of hydrogen-bond donors (Lipinski definition) is 0. The summed E-state index contributed by atoms with van der Waals surface area (Å²) in [5, 5.41) is 0. The highest BCUT2D eigenvalue weighted by Gasteiger charge is 2.27. The molecule has 0 aromatic heterocycles. The van der Waals surface area contributed by atoms with Gasteiger partial charge in [-0.25, -0.2) is 0 Å². The second-order valence-electron chi connectivity index (χ2n) is 4.61. The van der Waals surface area contributed by atoms with Gasteiger partial charge in [-0.05, 0) is 33.1 Å². The minimum atomic E-state index is 0.310. The molecule has 1 aliphatic rings. The first-order valence-corrected chi connectivity index (χ1v) is 5.97. The SMILES string of the molecule is CCCC1CCCCN(C(C)C)C1=O. The van der Waals surface area contributed by atoms with Gasteiger partial charge in [0.1, 0.15) is 0 Å². The minimum absolute atomic E-state index is 0.310. The summed E-state index contributed by atoms with van der Waals surface area (Å²) in [6.45, 7) is 7.37. The van der Waals surface area contributed by atoms with Gasteiger partial charge in [0.2, 0.25) is 5.91 Å². The van der Waals surface area contributed by atoms with E-state index < -0.39 is 0 Å². The Morgan fingerprint density at radius 3 is 2.71 bits per heavy atom. The summed E-state index contributed by atoms with van der Waals surface area (Å²) >= 11 is 0. The molecular weight excluding hydrogens is 174 g/mol. The fraction of sp³-hybridized carbons (Fsp3) is 0.917. The maximum atomic E-state index is 12.1. The Morgan fingerprint density at radius 2 is 2.14 bits per heavy atom. The van der Waals surface area contributed by atoms with Crippen LogP contribution in [-0.4, -0.2) is 23.4 Å². The Labute approximate surface area is 87.7 Å². The first-order chi connectivity index (χ1) is 6.66. The first kappa shape index (κ1) is 11.5. The molecule has 1 amide bonds. The molecule has 0 spiro atoms. The van der Waals surface area contributed by atoms with Gasteiger partial charge in [-0.1, -0.05) is 19.8 Å². The van der Waals surface area contributed by atoms with Gasteiger partial charge in [0, 0.05) is 18.5 Å². The van der Waals surface area contributed by atoms with Crippen molar-refractivity contribution in [1.29, 1.82) is 0 Å². The lowest BCUT2D eigenvalue weighted by Gasteiger charge is -2.27. The molecule has 1 rings (SSSR count). The molecule has 0 saturated carbocycles. The molecule has 1 unspecified atom stereocenters. The summed E-state index contributed by atoms with van der Waals surface area (Å²) in [4.78, 5) is 14.2. The number of nitrogens with zero attached hydrogens (tertiary/aromatic N) is 1. The van der Waals surface area contributed by atoms with Crippen molar-refractivity contribution in [2.75, 3.05) is 6.54 Å². The predicted molar refractivity (Wildman–Crippen MR) is 59.1 cm³/mol. The molecule has 0 radical (unpaired) electrons. The lowest BCUT2D eigenvalue weighted by molar-refractivity contribution is -0.136. The van der Waals surface area contributed by atoms with Gasteiger partial charge in [-0.3, -0.25) is 4.79 Å². The van der Waals surface area contributed by atoms with Crippen LogP contribution in [0.25, 0.3) is 0 Å². The number of carbonyl (C=O) groups excluding carboxylic acids is 1. The number of carbonyl (C=O) groups is 1. The van der Waals surface area contributed by atoms with Gasteiger partial charge < -0.3 is 4.90 Å². The summed E-state index contributed by atoms with van der Waals surface area (Å²) in [7, 11) is 0. The van der Waals surface area contributed by atoms with E-state index in [1.54, 1.807) is 0 Å². The van der Waals surface area contributed by atoms with E-state index in [0.29, 0.717) is 17.9 Å². The van der Waals surface area contributed by atoms with Crippen molar-refractivity contribution in [3.8, 4) is 0 Å². The fourth-order valence-electron chi connectivity index (χ4n) is 2.27. The summed E-state index contributed by atoms with van der Waals surface area (Å²) in [6, 6.07) is 0.375. The van der Waals surface area contributed by atoms with Crippen LogP contribution in [0, 0.1) is 5.92 Å². The van der Waals surface area contributed by atoms with Crippen molar-refractivity contribution >= 4 is 5.91 Å². The van der Waals surface area contributed by atoms with Gasteiger partial charge in [0.15, 0.2) is 0 Å². The van der Waals surface area contributed by atoms with E-state index in [4.69, 9.17) is 0 Å². The Bertz CT molecular complexity index is 189. The normalized spacial score (nSPS) is 24.1. The van der Waals surface area contributed by atoms with E-state index in [0.717, 1.165) is 25.8 Å². The molecule has 1 heterocycles. The smallest absolute Gasteiger partial charge is 0.225 e. The lowest BCUT2D eigenvalue weighted by Crippen LogP contribution is -2.39. The number of hydrogen-bond acceptors (Lipinski definition) is 1. The monoisotopic (exact) mass is 197 g/mol. The molecular formula is C12H23NO. The molecule has 0 aliphatic carbocycles. The first-order valence-electron chi connectivity index (χ1n) is 5.97. The van der Waals surface area contributed by atoms with Crippen LogP contribution in [0.1, 0.15) is 52.9 Å². The maximum Gasteiger partial charge on any atom is 0.225 e. The highest BCUT2D eigenvalue weighted by atomic mass is 16.2. The minimum Gasteiger partial charge on any atom is -0.340 e. The van der Waals surface area contributed by atoms with Crippen LogP contribution < -0.4 is 0 Å². The summed E-state index contributed by atoms with van der Waals surface area (Å²) in [5.41, 5.74) is 0. The number of amides is 1. The lowest BCUT2D eigenvalue weighted by atomic mass is 9.97. The van der Waals surface area contributed by atoms with Crippen molar-refractivity contribution in [2.45, 2.75) is 58.9 Å². The van der Waals surface area contributed by atoms with E-state index in [1.807, 2.05) is 0 Å². The average molecular weight is 197 g/mol. The zero-order chi connectivity index (χ0) is 10.6. The number of rotatable bonds is 3. The zero-order valence-corrected chi connectivity index (χ0v) is 9.75. The highest BCUT2D eigenvalue weighted by molar-refractivity contribution is 5.79. The van der Waals surface area contributed by atoms with Gasteiger partial charge in [-0.15, -0.1) is 0 Å². The van der Waals surface area contributed by atoms with Crippen molar-refractivity contribution < 1.29 is 4.79 Å². The molecule has 1 fully saturated rings. The molecule has 0 bridgehead atoms. The molecule has 14 heavy (non-hydrogen) atoms. The van der Waals surface area contributed by atoms with E-state index >= 15 is 0 Å². The molecule has 1 atom stereocenters. The number of likely N-dealkylation sites (tertiary alicyclic amines) is 1. The second kappa shape index (κ2) is 5.38. The van der Waals surface area contributed by atoms with Crippen molar-refractivity contribution in [3.63, 3.8) is 0 Å². The Kier molecular flexibility index (Phi) is 4.43. The molecule has 0 aromatic carbocycles. The van der Waals surface area contributed by atoms with Gasteiger partial charge in [0.05, 0.1) is 0 Å². The average Bonchev–Trinajstić information content (AvgIpc) is 2.30. The molecule has 2 heteroatoms. The van der Waals surface area contributed by atoms with E-state index in [2.05, 4.69) is 25.7 Å². The van der Waals surface area contributed by atoms with Crippen LogP contribution in [0.4, 0.5) is 0 Å². The summed E-state index contributed by atoms with van der Waals surface area (Å²) in [6.07, 6.45) is 5.71. The standard InChI is InChI=1S/C12H23NO/c1-4-7-11-8-5-6-9-13(10(2)3)12(11)14/h10-11H,4-9H2,1-3H3. The summed E-state index contributed by atoms with van der Waals surface area (Å²) in [5.74, 6) is 0.712. The Morgan fingerprint density at radius 1 is 1.43 bits per heavy atom. The third-order valence-electron chi connectivity index (χ3n) is 3.09.